The quantitative estimate of drug-likeness (QED) is 0.797. The zero-order chi connectivity index (χ0) is 15.2. The number of amides is 1. The van der Waals surface area contributed by atoms with Crippen molar-refractivity contribution in [1.29, 1.82) is 0 Å². The molecule has 0 aliphatic rings. The summed E-state index contributed by atoms with van der Waals surface area (Å²) in [5.41, 5.74) is -0.916. The molecular formula is C14H19BrFNO3. The van der Waals surface area contributed by atoms with Crippen molar-refractivity contribution >= 4 is 21.8 Å². The number of hydrogen-bond acceptors (Lipinski definition) is 3. The number of carbonyl (C=O) groups is 1. The molecule has 1 aromatic carbocycles. The molecule has 112 valence electrons. The molecule has 0 aromatic heterocycles. The fraction of sp³-hybridized carbons (Fsp3) is 0.500. The van der Waals surface area contributed by atoms with Crippen LogP contribution in [0.25, 0.3) is 0 Å². The van der Waals surface area contributed by atoms with Gasteiger partial charge in [-0.2, -0.15) is 0 Å². The maximum Gasteiger partial charge on any atom is 0.258 e. The van der Waals surface area contributed by atoms with Gasteiger partial charge in [0.25, 0.3) is 5.91 Å². The molecule has 0 radical (unpaired) electrons. The van der Waals surface area contributed by atoms with E-state index in [0.29, 0.717) is 16.6 Å². The minimum atomic E-state index is -0.916. The Labute approximate surface area is 126 Å². The Balaban J connectivity index is 2.40. The van der Waals surface area contributed by atoms with Crippen LogP contribution in [-0.2, 0) is 4.79 Å². The second-order valence-corrected chi connectivity index (χ2v) is 5.74. The van der Waals surface area contributed by atoms with Crippen LogP contribution >= 0.6 is 15.9 Å². The van der Waals surface area contributed by atoms with Crippen molar-refractivity contribution in [3.63, 3.8) is 0 Å². The van der Waals surface area contributed by atoms with Crippen LogP contribution in [0.1, 0.15) is 26.7 Å². The maximum atomic E-state index is 12.9. The van der Waals surface area contributed by atoms with Gasteiger partial charge in [0.15, 0.2) is 6.61 Å². The average Bonchev–Trinajstić information content (AvgIpc) is 2.35. The van der Waals surface area contributed by atoms with Gasteiger partial charge in [-0.05, 0) is 47.5 Å². The van der Waals surface area contributed by atoms with Crippen molar-refractivity contribution in [2.24, 2.45) is 0 Å². The Morgan fingerprint density at radius 1 is 1.55 bits per heavy atom. The van der Waals surface area contributed by atoms with Gasteiger partial charge in [-0.25, -0.2) is 4.39 Å². The highest BCUT2D eigenvalue weighted by molar-refractivity contribution is 9.10. The third kappa shape index (κ3) is 5.88. The van der Waals surface area contributed by atoms with Crippen LogP contribution in [0, 0.1) is 5.82 Å². The van der Waals surface area contributed by atoms with E-state index in [1.54, 1.807) is 6.92 Å². The molecule has 4 nitrogen and oxygen atoms in total. The van der Waals surface area contributed by atoms with Crippen LogP contribution in [0.4, 0.5) is 4.39 Å². The van der Waals surface area contributed by atoms with Gasteiger partial charge in [0.1, 0.15) is 11.6 Å². The number of ether oxygens (including phenoxy) is 1. The standard InChI is InChI=1S/C14H19BrFNO3/c1-3-6-14(2,19)9-17-13(18)8-20-12-5-4-10(16)7-11(12)15/h4-5,7,19H,3,6,8-9H2,1-2H3,(H,17,18). The van der Waals surface area contributed by atoms with Gasteiger partial charge in [0.05, 0.1) is 10.1 Å². The van der Waals surface area contributed by atoms with Crippen molar-refractivity contribution in [3.05, 3.63) is 28.5 Å². The monoisotopic (exact) mass is 347 g/mol. The summed E-state index contributed by atoms with van der Waals surface area (Å²) < 4.78 is 18.6. The first kappa shape index (κ1) is 16.9. The van der Waals surface area contributed by atoms with Crippen molar-refractivity contribution in [3.8, 4) is 5.75 Å². The predicted octanol–water partition coefficient (Wildman–Crippen LogP) is 2.63. The highest BCUT2D eigenvalue weighted by Gasteiger charge is 2.19. The van der Waals surface area contributed by atoms with Gasteiger partial charge in [0.2, 0.25) is 0 Å². The Bertz CT molecular complexity index is 466. The maximum absolute atomic E-state index is 12.9. The minimum absolute atomic E-state index is 0.174. The number of nitrogens with one attached hydrogen (secondary N) is 1. The fourth-order valence-electron chi connectivity index (χ4n) is 1.70. The molecular weight excluding hydrogens is 329 g/mol. The predicted molar refractivity (Wildman–Crippen MR) is 78.1 cm³/mol. The molecule has 1 amide bonds. The molecule has 0 bridgehead atoms. The van der Waals surface area contributed by atoms with Gasteiger partial charge in [0, 0.05) is 6.54 Å². The second-order valence-electron chi connectivity index (χ2n) is 4.89. The van der Waals surface area contributed by atoms with Gasteiger partial charge in [-0.15, -0.1) is 0 Å². The molecule has 6 heteroatoms. The van der Waals surface area contributed by atoms with Crippen LogP contribution in [0.3, 0.4) is 0 Å². The zero-order valence-electron chi connectivity index (χ0n) is 11.6. The lowest BCUT2D eigenvalue weighted by molar-refractivity contribution is -0.124. The molecule has 0 fully saturated rings. The Hall–Kier alpha value is -1.14. The van der Waals surface area contributed by atoms with Crippen molar-refractivity contribution < 1.29 is 19.0 Å². The zero-order valence-corrected chi connectivity index (χ0v) is 13.2. The molecule has 1 unspecified atom stereocenters. The summed E-state index contributed by atoms with van der Waals surface area (Å²) in [6, 6.07) is 3.96. The molecule has 0 saturated carbocycles. The molecule has 0 aliphatic carbocycles. The first-order valence-electron chi connectivity index (χ1n) is 6.41. The summed E-state index contributed by atoms with van der Waals surface area (Å²) in [7, 11) is 0. The number of rotatable bonds is 7. The van der Waals surface area contributed by atoms with Crippen molar-refractivity contribution in [1.82, 2.24) is 5.32 Å². The molecule has 0 spiro atoms. The van der Waals surface area contributed by atoms with Gasteiger partial charge < -0.3 is 15.2 Å². The summed E-state index contributed by atoms with van der Waals surface area (Å²) in [5.74, 6) is -0.330. The number of hydrogen-bond donors (Lipinski definition) is 2. The van der Waals surface area contributed by atoms with Crippen LogP contribution in [0.5, 0.6) is 5.75 Å². The Kier molecular flexibility index (Phi) is 6.42. The van der Waals surface area contributed by atoms with E-state index in [0.717, 1.165) is 6.42 Å². The molecule has 20 heavy (non-hydrogen) atoms. The molecule has 0 heterocycles. The number of benzene rings is 1. The highest BCUT2D eigenvalue weighted by atomic mass is 79.9. The molecule has 1 rings (SSSR count). The van der Waals surface area contributed by atoms with E-state index in [1.165, 1.54) is 18.2 Å². The fourth-order valence-corrected chi connectivity index (χ4v) is 2.17. The summed E-state index contributed by atoms with van der Waals surface area (Å²) >= 11 is 3.15. The largest absolute Gasteiger partial charge is 0.483 e. The minimum Gasteiger partial charge on any atom is -0.483 e. The van der Waals surface area contributed by atoms with Crippen molar-refractivity contribution in [2.45, 2.75) is 32.3 Å². The van der Waals surface area contributed by atoms with E-state index in [-0.39, 0.29) is 24.9 Å². The molecule has 0 aliphatic heterocycles. The molecule has 0 saturated heterocycles. The lowest BCUT2D eigenvalue weighted by atomic mass is 10.0. The number of carbonyl (C=O) groups excluding carboxylic acids is 1. The van der Waals surface area contributed by atoms with E-state index in [2.05, 4.69) is 21.2 Å². The number of aliphatic hydroxyl groups is 1. The van der Waals surface area contributed by atoms with Crippen LogP contribution < -0.4 is 10.1 Å². The lowest BCUT2D eigenvalue weighted by Gasteiger charge is -2.22. The summed E-state index contributed by atoms with van der Waals surface area (Å²) in [4.78, 5) is 11.6. The van der Waals surface area contributed by atoms with E-state index in [1.807, 2.05) is 6.92 Å². The Morgan fingerprint density at radius 3 is 2.85 bits per heavy atom. The third-order valence-electron chi connectivity index (χ3n) is 2.71. The normalized spacial score (nSPS) is 13.7. The van der Waals surface area contributed by atoms with Gasteiger partial charge in [-0.1, -0.05) is 13.3 Å². The summed E-state index contributed by atoms with van der Waals surface area (Å²) in [6.45, 7) is 3.62. The highest BCUT2D eigenvalue weighted by Crippen LogP contribution is 2.25. The molecule has 1 aromatic rings. The smallest absolute Gasteiger partial charge is 0.258 e. The number of halogens is 2. The SMILES string of the molecule is CCCC(C)(O)CNC(=O)COc1ccc(F)cc1Br. The molecule has 2 N–H and O–H groups in total. The van der Waals surface area contributed by atoms with E-state index in [9.17, 15) is 14.3 Å². The Morgan fingerprint density at radius 2 is 2.25 bits per heavy atom. The third-order valence-corrected chi connectivity index (χ3v) is 3.33. The average molecular weight is 348 g/mol. The summed E-state index contributed by atoms with van der Waals surface area (Å²) in [5, 5.41) is 12.5. The van der Waals surface area contributed by atoms with E-state index >= 15 is 0 Å². The lowest BCUT2D eigenvalue weighted by Crippen LogP contribution is -2.42. The van der Waals surface area contributed by atoms with E-state index in [4.69, 9.17) is 4.74 Å². The van der Waals surface area contributed by atoms with Crippen LogP contribution in [0.2, 0.25) is 0 Å². The van der Waals surface area contributed by atoms with Gasteiger partial charge in [-0.3, -0.25) is 4.79 Å². The first-order chi connectivity index (χ1) is 9.34. The van der Waals surface area contributed by atoms with Crippen LogP contribution in [0.15, 0.2) is 22.7 Å². The van der Waals surface area contributed by atoms with Crippen molar-refractivity contribution in [2.75, 3.05) is 13.2 Å². The first-order valence-corrected chi connectivity index (χ1v) is 7.20. The summed E-state index contributed by atoms with van der Waals surface area (Å²) in [6.07, 6.45) is 1.44. The van der Waals surface area contributed by atoms with E-state index < -0.39 is 5.60 Å². The topological polar surface area (TPSA) is 58.6 Å². The molecule has 1 atom stereocenters. The second kappa shape index (κ2) is 7.59. The van der Waals surface area contributed by atoms with Crippen LogP contribution in [-0.4, -0.2) is 29.8 Å². The van der Waals surface area contributed by atoms with Gasteiger partial charge >= 0.3 is 0 Å².